The van der Waals surface area contributed by atoms with Crippen LogP contribution in [0.4, 0.5) is 0 Å². The predicted molar refractivity (Wildman–Crippen MR) is 67.2 cm³/mol. The molecule has 0 aromatic rings. The van der Waals surface area contributed by atoms with Gasteiger partial charge in [-0.2, -0.15) is 0 Å². The molecule has 0 aromatic carbocycles. The van der Waals surface area contributed by atoms with E-state index in [4.69, 9.17) is 5.11 Å². The Kier molecular flexibility index (Phi) is 3.90. The summed E-state index contributed by atoms with van der Waals surface area (Å²) < 4.78 is 0. The zero-order valence-electron chi connectivity index (χ0n) is 10.9. The summed E-state index contributed by atoms with van der Waals surface area (Å²) in [6.45, 7) is 4.01. The van der Waals surface area contributed by atoms with E-state index < -0.39 is 11.4 Å². The van der Waals surface area contributed by atoms with Crippen molar-refractivity contribution >= 4 is 11.9 Å². The van der Waals surface area contributed by atoms with Crippen LogP contribution in [0.15, 0.2) is 0 Å². The van der Waals surface area contributed by atoms with Gasteiger partial charge in [0, 0.05) is 13.1 Å². The molecule has 102 valence electrons. The number of carboxylic acid groups (broad SMARTS) is 1. The predicted octanol–water partition coefficient (Wildman–Crippen LogP) is 0.699. The van der Waals surface area contributed by atoms with E-state index in [0.717, 1.165) is 32.2 Å². The lowest BCUT2D eigenvalue weighted by molar-refractivity contribution is -0.150. The molecule has 5 nitrogen and oxygen atoms in total. The summed E-state index contributed by atoms with van der Waals surface area (Å²) in [7, 11) is 0. The molecule has 2 N–H and O–H groups in total. The molecule has 2 rings (SSSR count). The van der Waals surface area contributed by atoms with E-state index in [2.05, 4.69) is 5.32 Å². The number of amides is 1. The average molecular weight is 254 g/mol. The van der Waals surface area contributed by atoms with E-state index in [1.807, 2.05) is 6.92 Å². The fraction of sp³-hybridized carbons (Fsp3) is 0.846. The normalized spacial score (nSPS) is 27.8. The van der Waals surface area contributed by atoms with Gasteiger partial charge in [0.15, 0.2) is 0 Å². The molecule has 18 heavy (non-hydrogen) atoms. The molecule has 0 aromatic heterocycles. The highest BCUT2D eigenvalue weighted by Gasteiger charge is 2.39. The highest BCUT2D eigenvalue weighted by Crippen LogP contribution is 2.33. The first kappa shape index (κ1) is 13.3. The van der Waals surface area contributed by atoms with Gasteiger partial charge >= 0.3 is 5.97 Å². The number of nitrogens with zero attached hydrogens (tertiary/aromatic N) is 1. The maximum atomic E-state index is 12.5. The lowest BCUT2D eigenvalue weighted by Crippen LogP contribution is -2.51. The van der Waals surface area contributed by atoms with Crippen LogP contribution in [0, 0.1) is 11.3 Å². The zero-order valence-corrected chi connectivity index (χ0v) is 10.9. The van der Waals surface area contributed by atoms with E-state index in [9.17, 15) is 9.59 Å². The number of carbonyl (C=O) groups is 2. The van der Waals surface area contributed by atoms with Crippen molar-refractivity contribution in [3.05, 3.63) is 0 Å². The Morgan fingerprint density at radius 1 is 1.44 bits per heavy atom. The lowest BCUT2D eigenvalue weighted by Gasteiger charge is -2.37. The third-order valence-electron chi connectivity index (χ3n) is 3.90. The molecule has 1 saturated heterocycles. The monoisotopic (exact) mass is 254 g/mol. The molecule has 0 radical (unpaired) electrons. The molecular formula is C13H22N2O3. The van der Waals surface area contributed by atoms with Crippen molar-refractivity contribution in [2.75, 3.05) is 26.2 Å². The molecule has 1 atom stereocenters. The zero-order chi connectivity index (χ0) is 13.2. The summed E-state index contributed by atoms with van der Waals surface area (Å²) >= 11 is 0. The highest BCUT2D eigenvalue weighted by molar-refractivity contribution is 5.86. The summed E-state index contributed by atoms with van der Waals surface area (Å²) in [5.74, 6) is -0.395. The number of aliphatic carboxylic acids is 1. The number of hydrogen-bond acceptors (Lipinski definition) is 3. The molecule has 0 spiro atoms. The molecule has 1 heterocycles. The summed E-state index contributed by atoms with van der Waals surface area (Å²) in [4.78, 5) is 25.0. The number of carboxylic acids is 1. The van der Waals surface area contributed by atoms with Crippen LogP contribution in [0.25, 0.3) is 0 Å². The minimum atomic E-state index is -0.920. The second kappa shape index (κ2) is 5.26. The molecule has 1 amide bonds. The van der Waals surface area contributed by atoms with Gasteiger partial charge in [0.25, 0.3) is 0 Å². The van der Waals surface area contributed by atoms with E-state index >= 15 is 0 Å². The van der Waals surface area contributed by atoms with Gasteiger partial charge in [0.05, 0.1) is 5.41 Å². The van der Waals surface area contributed by atoms with Crippen molar-refractivity contribution < 1.29 is 14.7 Å². The van der Waals surface area contributed by atoms with Crippen molar-refractivity contribution in [2.45, 2.75) is 32.6 Å². The molecule has 2 aliphatic rings. The minimum Gasteiger partial charge on any atom is -0.480 e. The first-order valence-electron chi connectivity index (χ1n) is 6.73. The van der Waals surface area contributed by atoms with E-state index in [0.29, 0.717) is 19.0 Å². The topological polar surface area (TPSA) is 69.6 Å². The molecule has 1 aliphatic heterocycles. The molecule has 0 bridgehead atoms. The Morgan fingerprint density at radius 3 is 2.67 bits per heavy atom. The van der Waals surface area contributed by atoms with Crippen molar-refractivity contribution in [1.29, 1.82) is 0 Å². The summed E-state index contributed by atoms with van der Waals surface area (Å²) in [5.41, 5.74) is -0.428. The molecule has 1 unspecified atom stereocenters. The standard InChI is InChI=1S/C13H22N2O3/c1-13(5-2-6-14-9-13)12(18)15(8-11(16)17)7-10-3-4-10/h10,14H,2-9H2,1H3,(H,16,17). The third-order valence-corrected chi connectivity index (χ3v) is 3.90. The molecular weight excluding hydrogens is 232 g/mol. The van der Waals surface area contributed by atoms with Crippen molar-refractivity contribution in [3.63, 3.8) is 0 Å². The van der Waals surface area contributed by atoms with Gasteiger partial charge in [0.1, 0.15) is 6.54 Å². The molecule has 5 heteroatoms. The molecule has 2 fully saturated rings. The van der Waals surface area contributed by atoms with E-state index in [-0.39, 0.29) is 12.5 Å². The average Bonchev–Trinajstić information content (AvgIpc) is 3.11. The van der Waals surface area contributed by atoms with Crippen molar-refractivity contribution in [2.24, 2.45) is 11.3 Å². The lowest BCUT2D eigenvalue weighted by atomic mass is 9.81. The van der Waals surface area contributed by atoms with Gasteiger partial charge in [0.2, 0.25) is 5.91 Å². The Bertz CT molecular complexity index is 333. The van der Waals surface area contributed by atoms with Crippen LogP contribution in [-0.2, 0) is 9.59 Å². The van der Waals surface area contributed by atoms with Gasteiger partial charge in [-0.05, 0) is 45.1 Å². The van der Waals surface area contributed by atoms with Gasteiger partial charge in [-0.15, -0.1) is 0 Å². The fourth-order valence-corrected chi connectivity index (χ4v) is 2.62. The van der Waals surface area contributed by atoms with Gasteiger partial charge < -0.3 is 15.3 Å². The number of rotatable bonds is 5. The number of nitrogens with one attached hydrogen (secondary N) is 1. The van der Waals surface area contributed by atoms with Gasteiger partial charge in [-0.3, -0.25) is 9.59 Å². The number of hydrogen-bond donors (Lipinski definition) is 2. The second-order valence-corrected chi connectivity index (χ2v) is 5.86. The maximum Gasteiger partial charge on any atom is 0.323 e. The number of carbonyl (C=O) groups excluding carboxylic acids is 1. The van der Waals surface area contributed by atoms with Crippen LogP contribution < -0.4 is 5.32 Å². The third kappa shape index (κ3) is 3.22. The van der Waals surface area contributed by atoms with Crippen molar-refractivity contribution in [3.8, 4) is 0 Å². The SMILES string of the molecule is CC1(C(=O)N(CC(=O)O)CC2CC2)CCCNC1. The Balaban J connectivity index is 2.02. The highest BCUT2D eigenvalue weighted by atomic mass is 16.4. The van der Waals surface area contributed by atoms with Crippen LogP contribution in [-0.4, -0.2) is 48.1 Å². The van der Waals surface area contributed by atoms with E-state index in [1.165, 1.54) is 0 Å². The summed E-state index contributed by atoms with van der Waals surface area (Å²) in [5, 5.41) is 12.2. The van der Waals surface area contributed by atoms with Gasteiger partial charge in [-0.25, -0.2) is 0 Å². The Labute approximate surface area is 108 Å². The smallest absolute Gasteiger partial charge is 0.323 e. The van der Waals surface area contributed by atoms with Crippen LogP contribution in [0.5, 0.6) is 0 Å². The maximum absolute atomic E-state index is 12.5. The summed E-state index contributed by atoms with van der Waals surface area (Å²) in [6, 6.07) is 0. The molecule has 1 saturated carbocycles. The van der Waals surface area contributed by atoms with Gasteiger partial charge in [-0.1, -0.05) is 0 Å². The Morgan fingerprint density at radius 2 is 2.17 bits per heavy atom. The minimum absolute atomic E-state index is 0.00370. The largest absolute Gasteiger partial charge is 0.480 e. The summed E-state index contributed by atoms with van der Waals surface area (Å²) in [6.07, 6.45) is 4.07. The van der Waals surface area contributed by atoms with Crippen molar-refractivity contribution in [1.82, 2.24) is 10.2 Å². The van der Waals surface area contributed by atoms with Crippen LogP contribution in [0.1, 0.15) is 32.6 Å². The van der Waals surface area contributed by atoms with E-state index in [1.54, 1.807) is 4.90 Å². The first-order chi connectivity index (χ1) is 8.51. The quantitative estimate of drug-likeness (QED) is 0.757. The number of piperidine rings is 1. The second-order valence-electron chi connectivity index (χ2n) is 5.86. The van der Waals surface area contributed by atoms with Crippen LogP contribution in [0.2, 0.25) is 0 Å². The van der Waals surface area contributed by atoms with Crippen LogP contribution >= 0.6 is 0 Å². The molecule has 1 aliphatic carbocycles. The van der Waals surface area contributed by atoms with Crippen LogP contribution in [0.3, 0.4) is 0 Å². The fourth-order valence-electron chi connectivity index (χ4n) is 2.62. The Hall–Kier alpha value is -1.10. The first-order valence-corrected chi connectivity index (χ1v) is 6.73.